The van der Waals surface area contributed by atoms with Gasteiger partial charge in [0.25, 0.3) is 0 Å². The third-order valence-corrected chi connectivity index (χ3v) is 5.30. The highest BCUT2D eigenvalue weighted by Crippen LogP contribution is 2.35. The second-order valence-electron chi connectivity index (χ2n) is 4.74. The molecular formula is C14H16ClNOS. The lowest BCUT2D eigenvalue weighted by Gasteiger charge is -2.34. The molecule has 1 saturated carbocycles. The van der Waals surface area contributed by atoms with Crippen LogP contribution in [0.15, 0.2) is 24.3 Å². The van der Waals surface area contributed by atoms with Crippen LogP contribution in [-0.2, 0) is 11.3 Å². The van der Waals surface area contributed by atoms with Gasteiger partial charge in [-0.2, -0.15) is 0 Å². The number of fused-ring (bicyclic) bond motifs is 1. The van der Waals surface area contributed by atoms with E-state index in [0.29, 0.717) is 12.1 Å². The highest BCUT2D eigenvalue weighted by molar-refractivity contribution is 7.19. The summed E-state index contributed by atoms with van der Waals surface area (Å²) in [5, 5.41) is 5.63. The van der Waals surface area contributed by atoms with Crippen LogP contribution in [0.3, 0.4) is 0 Å². The Morgan fingerprint density at radius 2 is 2.17 bits per heavy atom. The molecule has 2 aromatic rings. The molecule has 2 nitrogen and oxygen atoms in total. The van der Waals surface area contributed by atoms with Crippen molar-refractivity contribution in [3.05, 3.63) is 34.2 Å². The van der Waals surface area contributed by atoms with E-state index in [1.807, 2.05) is 6.07 Å². The molecule has 0 saturated heterocycles. The minimum absolute atomic E-state index is 0.445. The number of halogens is 1. The number of nitrogens with one attached hydrogen (secondary N) is 1. The Bertz CT molecular complexity index is 548. The van der Waals surface area contributed by atoms with Crippen molar-refractivity contribution < 1.29 is 4.74 Å². The van der Waals surface area contributed by atoms with Crippen LogP contribution in [-0.4, -0.2) is 19.3 Å². The first-order chi connectivity index (χ1) is 8.78. The van der Waals surface area contributed by atoms with E-state index in [9.17, 15) is 0 Å². The summed E-state index contributed by atoms with van der Waals surface area (Å²) < 4.78 is 6.54. The van der Waals surface area contributed by atoms with Crippen molar-refractivity contribution in [1.29, 1.82) is 0 Å². The first-order valence-corrected chi connectivity index (χ1v) is 7.39. The van der Waals surface area contributed by atoms with Gasteiger partial charge in [0, 0.05) is 34.7 Å². The van der Waals surface area contributed by atoms with Gasteiger partial charge in [0.2, 0.25) is 0 Å². The van der Waals surface area contributed by atoms with Crippen LogP contribution in [0, 0.1) is 0 Å². The molecule has 18 heavy (non-hydrogen) atoms. The zero-order valence-corrected chi connectivity index (χ0v) is 11.9. The first kappa shape index (κ1) is 12.4. The lowest BCUT2D eigenvalue weighted by Crippen LogP contribution is -2.44. The molecule has 4 heteroatoms. The van der Waals surface area contributed by atoms with Crippen molar-refractivity contribution in [3.63, 3.8) is 0 Å². The van der Waals surface area contributed by atoms with Crippen LogP contribution in [0.2, 0.25) is 5.02 Å². The molecule has 0 unspecified atom stereocenters. The van der Waals surface area contributed by atoms with E-state index >= 15 is 0 Å². The SMILES string of the molecule is COC1CC(NCc2sc3ccccc3c2Cl)C1. The number of benzene rings is 1. The monoisotopic (exact) mass is 281 g/mol. The molecule has 1 aromatic carbocycles. The normalized spacial score (nSPS) is 23.2. The number of hydrogen-bond donors (Lipinski definition) is 1. The van der Waals surface area contributed by atoms with Gasteiger partial charge in [-0.1, -0.05) is 29.8 Å². The van der Waals surface area contributed by atoms with E-state index in [1.165, 1.54) is 15.0 Å². The summed E-state index contributed by atoms with van der Waals surface area (Å²) in [4.78, 5) is 1.23. The van der Waals surface area contributed by atoms with E-state index < -0.39 is 0 Å². The predicted octanol–water partition coefficient (Wildman–Crippen LogP) is 3.82. The van der Waals surface area contributed by atoms with Crippen molar-refractivity contribution in [2.45, 2.75) is 31.5 Å². The number of thiophene rings is 1. The number of hydrogen-bond acceptors (Lipinski definition) is 3. The Hall–Kier alpha value is -0.610. The van der Waals surface area contributed by atoms with Crippen LogP contribution >= 0.6 is 22.9 Å². The fourth-order valence-electron chi connectivity index (χ4n) is 2.34. The Balaban J connectivity index is 1.66. The van der Waals surface area contributed by atoms with Gasteiger partial charge in [0.05, 0.1) is 11.1 Å². The first-order valence-electron chi connectivity index (χ1n) is 6.20. The summed E-state index contributed by atoms with van der Waals surface area (Å²) >= 11 is 8.18. The molecule has 0 aliphatic heterocycles. The zero-order valence-electron chi connectivity index (χ0n) is 10.3. The van der Waals surface area contributed by atoms with Gasteiger partial charge in [-0.3, -0.25) is 0 Å². The molecule has 0 atom stereocenters. The van der Waals surface area contributed by atoms with Gasteiger partial charge in [-0.25, -0.2) is 0 Å². The largest absolute Gasteiger partial charge is 0.381 e. The second kappa shape index (κ2) is 5.17. The average Bonchev–Trinajstić information content (AvgIpc) is 2.66. The molecule has 1 N–H and O–H groups in total. The molecule has 0 radical (unpaired) electrons. The molecule has 1 aliphatic rings. The van der Waals surface area contributed by atoms with Crippen molar-refractivity contribution in [1.82, 2.24) is 5.32 Å². The van der Waals surface area contributed by atoms with E-state index in [1.54, 1.807) is 18.4 Å². The van der Waals surface area contributed by atoms with Crippen molar-refractivity contribution in [3.8, 4) is 0 Å². The van der Waals surface area contributed by atoms with Crippen LogP contribution < -0.4 is 5.32 Å². The van der Waals surface area contributed by atoms with Gasteiger partial charge < -0.3 is 10.1 Å². The molecule has 0 bridgehead atoms. The summed E-state index contributed by atoms with van der Waals surface area (Å²) in [5.41, 5.74) is 0. The zero-order chi connectivity index (χ0) is 12.5. The Morgan fingerprint density at radius 3 is 2.89 bits per heavy atom. The number of methoxy groups -OCH3 is 1. The Morgan fingerprint density at radius 1 is 1.39 bits per heavy atom. The van der Waals surface area contributed by atoms with Crippen molar-refractivity contribution in [2.24, 2.45) is 0 Å². The lowest BCUT2D eigenvalue weighted by atomic mass is 9.89. The fraction of sp³-hybridized carbons (Fsp3) is 0.429. The summed E-state index contributed by atoms with van der Waals surface area (Å²) in [7, 11) is 1.78. The number of ether oxygens (including phenoxy) is 1. The molecule has 96 valence electrons. The fourth-order valence-corrected chi connectivity index (χ4v) is 3.79. The minimum Gasteiger partial charge on any atom is -0.381 e. The van der Waals surface area contributed by atoms with Crippen molar-refractivity contribution >= 4 is 33.0 Å². The maximum atomic E-state index is 6.40. The topological polar surface area (TPSA) is 21.3 Å². The highest BCUT2D eigenvalue weighted by Gasteiger charge is 2.28. The van der Waals surface area contributed by atoms with E-state index in [4.69, 9.17) is 16.3 Å². The van der Waals surface area contributed by atoms with E-state index in [0.717, 1.165) is 24.4 Å². The van der Waals surface area contributed by atoms with Crippen LogP contribution in [0.4, 0.5) is 0 Å². The maximum Gasteiger partial charge on any atom is 0.0636 e. The van der Waals surface area contributed by atoms with Gasteiger partial charge in [0.1, 0.15) is 0 Å². The molecule has 3 rings (SSSR count). The van der Waals surface area contributed by atoms with Crippen LogP contribution in [0.1, 0.15) is 17.7 Å². The summed E-state index contributed by atoms with van der Waals surface area (Å²) in [6.45, 7) is 0.860. The molecular weight excluding hydrogens is 266 g/mol. The smallest absolute Gasteiger partial charge is 0.0636 e. The molecule has 1 aliphatic carbocycles. The predicted molar refractivity (Wildman–Crippen MR) is 77.5 cm³/mol. The third kappa shape index (κ3) is 2.28. The molecule has 0 spiro atoms. The van der Waals surface area contributed by atoms with Gasteiger partial charge in [0.15, 0.2) is 0 Å². The lowest BCUT2D eigenvalue weighted by molar-refractivity contribution is 0.0171. The van der Waals surface area contributed by atoms with Crippen LogP contribution in [0.25, 0.3) is 10.1 Å². The molecule has 0 amide bonds. The summed E-state index contributed by atoms with van der Waals surface area (Å²) in [5.74, 6) is 0. The van der Waals surface area contributed by atoms with Gasteiger partial charge in [-0.15, -0.1) is 11.3 Å². The Kier molecular flexibility index (Phi) is 3.57. The highest BCUT2D eigenvalue weighted by atomic mass is 35.5. The quantitative estimate of drug-likeness (QED) is 0.920. The molecule has 1 aromatic heterocycles. The summed E-state index contributed by atoms with van der Waals surface area (Å²) in [6, 6.07) is 8.88. The van der Waals surface area contributed by atoms with E-state index in [2.05, 4.69) is 23.5 Å². The Labute approximate surface area is 116 Å². The molecule has 1 fully saturated rings. The van der Waals surface area contributed by atoms with E-state index in [-0.39, 0.29) is 0 Å². The second-order valence-corrected chi connectivity index (χ2v) is 6.26. The maximum absolute atomic E-state index is 6.40. The number of rotatable bonds is 4. The van der Waals surface area contributed by atoms with Crippen molar-refractivity contribution in [2.75, 3.05) is 7.11 Å². The third-order valence-electron chi connectivity index (χ3n) is 3.58. The molecule has 1 heterocycles. The van der Waals surface area contributed by atoms with Gasteiger partial charge in [-0.05, 0) is 18.9 Å². The standard InChI is InChI=1S/C14H16ClNOS/c1-17-10-6-9(7-10)16-8-13-14(15)11-4-2-3-5-12(11)18-13/h2-5,9-10,16H,6-8H2,1H3. The van der Waals surface area contributed by atoms with Crippen LogP contribution in [0.5, 0.6) is 0 Å². The van der Waals surface area contributed by atoms with Gasteiger partial charge >= 0.3 is 0 Å². The summed E-state index contributed by atoms with van der Waals surface area (Å²) in [6.07, 6.45) is 2.67. The minimum atomic E-state index is 0.445. The average molecular weight is 282 g/mol.